The van der Waals surface area contributed by atoms with Crippen LogP contribution in [-0.4, -0.2) is 26.2 Å². The molecule has 0 amide bonds. The van der Waals surface area contributed by atoms with Gasteiger partial charge in [0.05, 0.1) is 5.69 Å². The molecule has 5 nitrogen and oxygen atoms in total. The fraction of sp³-hybridized carbons (Fsp3) is 0.562. The van der Waals surface area contributed by atoms with E-state index in [1.807, 2.05) is 13.0 Å². The first-order chi connectivity index (χ1) is 10.2. The highest BCUT2D eigenvalue weighted by molar-refractivity contribution is 5.51. The normalized spacial score (nSPS) is 22.8. The molecule has 0 radical (unpaired) electrons. The first kappa shape index (κ1) is 14.0. The highest BCUT2D eigenvalue weighted by atomic mass is 15.5. The lowest BCUT2D eigenvalue weighted by Gasteiger charge is -2.18. The van der Waals surface area contributed by atoms with Gasteiger partial charge in [0.2, 0.25) is 0 Å². The lowest BCUT2D eigenvalue weighted by Crippen LogP contribution is -2.18. The van der Waals surface area contributed by atoms with Crippen molar-refractivity contribution in [3.8, 4) is 5.69 Å². The van der Waals surface area contributed by atoms with Crippen LogP contribution in [0.15, 0.2) is 24.3 Å². The molecule has 1 aliphatic rings. The summed E-state index contributed by atoms with van der Waals surface area (Å²) in [5.41, 5.74) is 2.16. The van der Waals surface area contributed by atoms with Gasteiger partial charge in [0.1, 0.15) is 0 Å². The smallest absolute Gasteiger partial charge is 0.153 e. The van der Waals surface area contributed by atoms with Crippen molar-refractivity contribution in [3.63, 3.8) is 0 Å². The van der Waals surface area contributed by atoms with Gasteiger partial charge >= 0.3 is 0 Å². The molecule has 3 rings (SSSR count). The highest BCUT2D eigenvalue weighted by Crippen LogP contribution is 2.25. The summed E-state index contributed by atoms with van der Waals surface area (Å²) in [6.45, 7) is 4.27. The Morgan fingerprint density at radius 1 is 1.19 bits per heavy atom. The summed E-state index contributed by atoms with van der Waals surface area (Å²) >= 11 is 0. The maximum Gasteiger partial charge on any atom is 0.153 e. The van der Waals surface area contributed by atoms with Crippen molar-refractivity contribution in [1.82, 2.24) is 20.2 Å². The summed E-state index contributed by atoms with van der Waals surface area (Å²) in [5, 5.41) is 15.4. The number of benzene rings is 1. The van der Waals surface area contributed by atoms with Crippen LogP contribution in [0.5, 0.6) is 0 Å². The predicted molar refractivity (Wildman–Crippen MR) is 83.6 cm³/mol. The van der Waals surface area contributed by atoms with Crippen molar-refractivity contribution in [2.45, 2.75) is 52.0 Å². The van der Waals surface area contributed by atoms with Crippen LogP contribution in [0.25, 0.3) is 5.69 Å². The van der Waals surface area contributed by atoms with Crippen LogP contribution in [-0.2, 0) is 0 Å². The number of tetrazole rings is 1. The zero-order valence-corrected chi connectivity index (χ0v) is 12.8. The van der Waals surface area contributed by atoms with Crippen LogP contribution < -0.4 is 5.32 Å². The van der Waals surface area contributed by atoms with Crippen LogP contribution >= 0.6 is 0 Å². The van der Waals surface area contributed by atoms with E-state index in [1.54, 1.807) is 4.68 Å². The fourth-order valence-electron chi connectivity index (χ4n) is 3.06. The highest BCUT2D eigenvalue weighted by Gasteiger charge is 2.16. The van der Waals surface area contributed by atoms with E-state index in [1.165, 1.54) is 32.1 Å². The van der Waals surface area contributed by atoms with E-state index in [4.69, 9.17) is 0 Å². The van der Waals surface area contributed by atoms with Crippen molar-refractivity contribution in [2.24, 2.45) is 5.92 Å². The Hall–Kier alpha value is -1.91. The molecule has 1 fully saturated rings. The second-order valence-corrected chi connectivity index (χ2v) is 6.14. The molecule has 1 aromatic carbocycles. The molecule has 1 saturated carbocycles. The summed E-state index contributed by atoms with van der Waals surface area (Å²) in [5.74, 6) is 1.67. The number of nitrogens with one attached hydrogen (secondary N) is 1. The van der Waals surface area contributed by atoms with Crippen molar-refractivity contribution < 1.29 is 0 Å². The van der Waals surface area contributed by atoms with Gasteiger partial charge < -0.3 is 5.32 Å². The molecule has 0 aliphatic heterocycles. The summed E-state index contributed by atoms with van der Waals surface area (Å²) in [4.78, 5) is 0. The monoisotopic (exact) mass is 285 g/mol. The van der Waals surface area contributed by atoms with Gasteiger partial charge in [0, 0.05) is 11.7 Å². The molecule has 0 saturated heterocycles. The molecular weight excluding hydrogens is 262 g/mol. The molecule has 5 heteroatoms. The molecule has 1 aromatic heterocycles. The Labute approximate surface area is 125 Å². The Morgan fingerprint density at radius 2 is 2.10 bits per heavy atom. The minimum atomic E-state index is 0.583. The van der Waals surface area contributed by atoms with Crippen LogP contribution in [0.2, 0.25) is 0 Å². The molecule has 1 aliphatic carbocycles. The molecule has 0 spiro atoms. The van der Waals surface area contributed by atoms with E-state index in [0.29, 0.717) is 6.04 Å². The molecule has 112 valence electrons. The summed E-state index contributed by atoms with van der Waals surface area (Å²) in [7, 11) is 0. The molecule has 2 atom stereocenters. The van der Waals surface area contributed by atoms with Crippen molar-refractivity contribution in [1.29, 1.82) is 0 Å². The molecular formula is C16H23N5. The van der Waals surface area contributed by atoms with Crippen LogP contribution in [0.1, 0.15) is 44.9 Å². The van der Waals surface area contributed by atoms with Gasteiger partial charge in [-0.3, -0.25) is 0 Å². The maximum atomic E-state index is 4.03. The van der Waals surface area contributed by atoms with Gasteiger partial charge in [-0.1, -0.05) is 25.8 Å². The average molecular weight is 285 g/mol. The predicted octanol–water partition coefficient (Wildman–Crippen LogP) is 3.35. The second kappa shape index (κ2) is 6.24. The zero-order valence-electron chi connectivity index (χ0n) is 12.8. The number of rotatable bonds is 3. The number of aryl methyl sites for hydroxylation is 1. The van der Waals surface area contributed by atoms with Gasteiger partial charge in [-0.05, 0) is 60.7 Å². The number of hydrogen-bond donors (Lipinski definition) is 1. The first-order valence-corrected chi connectivity index (χ1v) is 7.84. The molecule has 2 unspecified atom stereocenters. The quantitative estimate of drug-likeness (QED) is 0.879. The average Bonchev–Trinajstić information content (AvgIpc) is 2.80. The standard InChI is InChI=1S/C16H23N5/c1-12-5-3-6-14(10-9-12)17-15-7-4-8-16(11-15)21-13(2)18-19-20-21/h4,7-8,11-12,14,17H,3,5-6,9-10H2,1-2H3. The molecule has 21 heavy (non-hydrogen) atoms. The van der Waals surface area contributed by atoms with Gasteiger partial charge in [0.25, 0.3) is 0 Å². The third kappa shape index (κ3) is 3.40. The number of aromatic nitrogens is 4. The molecule has 1 N–H and O–H groups in total. The summed E-state index contributed by atoms with van der Waals surface area (Å²) < 4.78 is 1.76. The molecule has 0 bridgehead atoms. The van der Waals surface area contributed by atoms with Gasteiger partial charge in [-0.25, -0.2) is 0 Å². The fourth-order valence-corrected chi connectivity index (χ4v) is 3.06. The number of hydrogen-bond acceptors (Lipinski definition) is 4. The minimum Gasteiger partial charge on any atom is -0.382 e. The van der Waals surface area contributed by atoms with Crippen molar-refractivity contribution in [3.05, 3.63) is 30.1 Å². The van der Waals surface area contributed by atoms with Gasteiger partial charge in [-0.2, -0.15) is 4.68 Å². The molecule has 2 aromatic rings. The van der Waals surface area contributed by atoms with Gasteiger partial charge in [-0.15, -0.1) is 5.10 Å². The second-order valence-electron chi connectivity index (χ2n) is 6.14. The number of anilines is 1. The van der Waals surface area contributed by atoms with Crippen molar-refractivity contribution >= 4 is 5.69 Å². The van der Waals surface area contributed by atoms with E-state index in [0.717, 1.165) is 23.1 Å². The Bertz CT molecular complexity index is 592. The van der Waals surface area contributed by atoms with E-state index in [2.05, 4.69) is 46.0 Å². The SMILES string of the molecule is Cc1nnnn1-c1cccc(NC2CCCC(C)CC2)c1. The molecule has 1 heterocycles. The number of nitrogens with zero attached hydrogens (tertiary/aromatic N) is 4. The minimum absolute atomic E-state index is 0.583. The third-order valence-corrected chi connectivity index (χ3v) is 4.34. The Balaban J connectivity index is 1.73. The van der Waals surface area contributed by atoms with E-state index < -0.39 is 0 Å². The van der Waals surface area contributed by atoms with Crippen LogP contribution in [0, 0.1) is 12.8 Å². The lowest BCUT2D eigenvalue weighted by atomic mass is 10.0. The van der Waals surface area contributed by atoms with Crippen molar-refractivity contribution in [2.75, 3.05) is 5.32 Å². The van der Waals surface area contributed by atoms with E-state index >= 15 is 0 Å². The van der Waals surface area contributed by atoms with Crippen LogP contribution in [0.3, 0.4) is 0 Å². The summed E-state index contributed by atoms with van der Waals surface area (Å²) in [6.07, 6.45) is 6.53. The largest absolute Gasteiger partial charge is 0.382 e. The zero-order chi connectivity index (χ0) is 14.7. The van der Waals surface area contributed by atoms with E-state index in [-0.39, 0.29) is 0 Å². The van der Waals surface area contributed by atoms with Crippen LogP contribution in [0.4, 0.5) is 5.69 Å². The first-order valence-electron chi connectivity index (χ1n) is 7.84. The van der Waals surface area contributed by atoms with E-state index in [9.17, 15) is 0 Å². The maximum absolute atomic E-state index is 4.03. The Morgan fingerprint density at radius 3 is 2.90 bits per heavy atom. The third-order valence-electron chi connectivity index (χ3n) is 4.34. The Kier molecular flexibility index (Phi) is 4.18. The summed E-state index contributed by atoms with van der Waals surface area (Å²) in [6, 6.07) is 8.91. The topological polar surface area (TPSA) is 55.6 Å². The van der Waals surface area contributed by atoms with Gasteiger partial charge in [0.15, 0.2) is 5.82 Å². The lowest BCUT2D eigenvalue weighted by molar-refractivity contribution is 0.502.